The predicted octanol–water partition coefficient (Wildman–Crippen LogP) is 5.59. The van der Waals surface area contributed by atoms with Gasteiger partial charge in [-0.05, 0) is 61.3 Å². The Morgan fingerprint density at radius 1 is 0.841 bits per heavy atom. The second-order valence-corrected chi connectivity index (χ2v) is 11.3. The number of nitrogens with one attached hydrogen (secondary N) is 1. The highest BCUT2D eigenvalue weighted by atomic mass is 35.5. The predicted molar refractivity (Wildman–Crippen MR) is 178 cm³/mol. The molecule has 44 heavy (non-hydrogen) atoms. The fourth-order valence-corrected chi connectivity index (χ4v) is 5.10. The molecule has 0 unspecified atom stereocenters. The van der Waals surface area contributed by atoms with Gasteiger partial charge in [0.25, 0.3) is 0 Å². The Kier molecular flexibility index (Phi) is 19.6. The maximum absolute atomic E-state index is 13.3. The highest BCUT2D eigenvalue weighted by Gasteiger charge is 2.26. The van der Waals surface area contributed by atoms with Gasteiger partial charge in [-0.2, -0.15) is 0 Å². The number of anilines is 1. The van der Waals surface area contributed by atoms with Crippen molar-refractivity contribution in [3.05, 3.63) is 63.6 Å². The van der Waals surface area contributed by atoms with E-state index in [0.717, 1.165) is 36.4 Å². The first-order valence-electron chi connectivity index (χ1n) is 15.0. The number of rotatable bonds is 22. The highest BCUT2D eigenvalue weighted by Crippen LogP contribution is 2.27. The number of hydrogen-bond donors (Lipinski definition) is 1. The van der Waals surface area contributed by atoms with E-state index < -0.39 is 0 Å². The van der Waals surface area contributed by atoms with Crippen molar-refractivity contribution in [2.24, 2.45) is 0 Å². The molecule has 1 aliphatic heterocycles. The van der Waals surface area contributed by atoms with Crippen molar-refractivity contribution < 1.29 is 28.5 Å². The Morgan fingerprint density at radius 2 is 1.41 bits per heavy atom. The van der Waals surface area contributed by atoms with Crippen LogP contribution in [0.5, 0.6) is 0 Å². The SMILES string of the molecule is C.COCCOCCOCCOCCOCCNc1ccc([C@@H](CN2CCCC2)N(C)C(=O)Cc2ccc(Cl)c(Cl)c2)cc1. The summed E-state index contributed by atoms with van der Waals surface area (Å²) in [5.74, 6) is 0.0433. The Labute approximate surface area is 274 Å². The van der Waals surface area contributed by atoms with Crippen LogP contribution in [0.25, 0.3) is 0 Å². The number of ether oxygens (including phenoxy) is 5. The summed E-state index contributed by atoms with van der Waals surface area (Å²) in [7, 11) is 3.54. The van der Waals surface area contributed by atoms with Gasteiger partial charge in [0.2, 0.25) is 5.91 Å². The van der Waals surface area contributed by atoms with Gasteiger partial charge in [-0.3, -0.25) is 4.79 Å². The summed E-state index contributed by atoms with van der Waals surface area (Å²) in [6, 6.07) is 13.6. The van der Waals surface area contributed by atoms with Crippen molar-refractivity contribution in [2.75, 3.05) is 105 Å². The first kappa shape index (κ1) is 38.2. The van der Waals surface area contributed by atoms with Gasteiger partial charge in [-0.25, -0.2) is 0 Å². The third-order valence-electron chi connectivity index (χ3n) is 7.25. The quantitative estimate of drug-likeness (QED) is 0.164. The standard InChI is InChI=1S/C32H47Cl2N3O6.CH4/c1-36(32(38)24-26-5-10-29(33)30(34)23-26)31(25-37-12-3-4-13-37)27-6-8-28(9-7-27)35-11-14-40-17-18-42-21-22-43-20-19-41-16-15-39-2;/h5-10,23,31,35H,3-4,11-22,24-25H2,1-2H3;1H4/t31-;/m1./s1. The van der Waals surface area contributed by atoms with Crippen LogP contribution in [0.2, 0.25) is 10.0 Å². The molecule has 3 rings (SSSR count). The molecule has 0 aliphatic carbocycles. The van der Waals surface area contributed by atoms with E-state index in [1.165, 1.54) is 12.8 Å². The van der Waals surface area contributed by atoms with Crippen molar-refractivity contribution in [1.82, 2.24) is 9.80 Å². The summed E-state index contributed by atoms with van der Waals surface area (Å²) < 4.78 is 26.9. The summed E-state index contributed by atoms with van der Waals surface area (Å²) in [4.78, 5) is 17.6. The van der Waals surface area contributed by atoms with Crippen molar-refractivity contribution in [2.45, 2.75) is 32.7 Å². The van der Waals surface area contributed by atoms with E-state index in [-0.39, 0.29) is 25.8 Å². The lowest BCUT2D eigenvalue weighted by molar-refractivity contribution is -0.131. The average molecular weight is 657 g/mol. The van der Waals surface area contributed by atoms with E-state index in [1.807, 2.05) is 18.0 Å². The average Bonchev–Trinajstić information content (AvgIpc) is 3.53. The Balaban J connectivity index is 0.00000675. The lowest BCUT2D eigenvalue weighted by atomic mass is 10.0. The van der Waals surface area contributed by atoms with Crippen molar-refractivity contribution in [3.63, 3.8) is 0 Å². The van der Waals surface area contributed by atoms with Crippen LogP contribution in [0.1, 0.15) is 37.4 Å². The molecule has 11 heteroatoms. The molecular formula is C33H51Cl2N3O6. The van der Waals surface area contributed by atoms with Crippen molar-refractivity contribution in [3.8, 4) is 0 Å². The zero-order valence-electron chi connectivity index (χ0n) is 25.5. The molecule has 1 fully saturated rings. The molecule has 9 nitrogen and oxygen atoms in total. The molecule has 2 aromatic carbocycles. The Bertz CT molecular complexity index is 1060. The lowest BCUT2D eigenvalue weighted by Gasteiger charge is -2.32. The van der Waals surface area contributed by atoms with E-state index in [9.17, 15) is 4.79 Å². The molecule has 0 aromatic heterocycles. The molecule has 248 valence electrons. The summed E-state index contributed by atoms with van der Waals surface area (Å²) in [6.45, 7) is 8.58. The fraction of sp³-hybridized carbons (Fsp3) is 0.606. The van der Waals surface area contributed by atoms with E-state index in [1.54, 1.807) is 19.2 Å². The molecule has 1 heterocycles. The van der Waals surface area contributed by atoms with Crippen LogP contribution in [0.15, 0.2) is 42.5 Å². The van der Waals surface area contributed by atoms with Gasteiger partial charge in [-0.1, -0.05) is 48.8 Å². The van der Waals surface area contributed by atoms with E-state index >= 15 is 0 Å². The highest BCUT2D eigenvalue weighted by molar-refractivity contribution is 6.42. The van der Waals surface area contributed by atoms with Crippen LogP contribution in [0, 0.1) is 0 Å². The van der Waals surface area contributed by atoms with E-state index in [0.29, 0.717) is 76.1 Å². The molecule has 0 bridgehead atoms. The Morgan fingerprint density at radius 3 is 1.98 bits per heavy atom. The van der Waals surface area contributed by atoms with Crippen LogP contribution in [0.3, 0.4) is 0 Å². The summed E-state index contributed by atoms with van der Waals surface area (Å²) in [5, 5.41) is 4.35. The van der Waals surface area contributed by atoms with E-state index in [4.69, 9.17) is 46.9 Å². The minimum atomic E-state index is -0.0506. The Hall–Kier alpha value is -1.95. The zero-order valence-corrected chi connectivity index (χ0v) is 27.0. The van der Waals surface area contributed by atoms with Gasteiger partial charge in [-0.15, -0.1) is 0 Å². The second kappa shape index (κ2) is 22.5. The van der Waals surface area contributed by atoms with Gasteiger partial charge < -0.3 is 38.8 Å². The maximum atomic E-state index is 13.3. The number of nitrogens with zero attached hydrogens (tertiary/aromatic N) is 2. The molecule has 1 amide bonds. The molecule has 0 spiro atoms. The van der Waals surface area contributed by atoms with E-state index in [2.05, 4.69) is 34.5 Å². The zero-order chi connectivity index (χ0) is 30.7. The number of carbonyl (C=O) groups is 1. The number of likely N-dealkylation sites (N-methyl/N-ethyl adjacent to an activating group) is 1. The number of hydrogen-bond acceptors (Lipinski definition) is 8. The number of benzene rings is 2. The fourth-order valence-electron chi connectivity index (χ4n) is 4.78. The lowest BCUT2D eigenvalue weighted by Crippen LogP contribution is -2.39. The molecule has 1 saturated heterocycles. The minimum Gasteiger partial charge on any atom is -0.383 e. The van der Waals surface area contributed by atoms with Crippen LogP contribution in [-0.4, -0.2) is 116 Å². The van der Waals surface area contributed by atoms with Crippen molar-refractivity contribution in [1.29, 1.82) is 0 Å². The number of carbonyl (C=O) groups excluding carboxylic acids is 1. The van der Waals surface area contributed by atoms with Crippen LogP contribution >= 0.6 is 23.2 Å². The molecule has 1 aliphatic rings. The number of likely N-dealkylation sites (tertiary alicyclic amines) is 1. The number of methoxy groups -OCH3 is 1. The molecule has 0 radical (unpaired) electrons. The summed E-state index contributed by atoms with van der Waals surface area (Å²) >= 11 is 12.2. The van der Waals surface area contributed by atoms with Crippen LogP contribution in [-0.2, 0) is 34.9 Å². The normalized spacial score (nSPS) is 13.9. The molecule has 1 atom stereocenters. The maximum Gasteiger partial charge on any atom is 0.227 e. The van der Waals surface area contributed by atoms with Gasteiger partial charge in [0.15, 0.2) is 0 Å². The second-order valence-electron chi connectivity index (χ2n) is 10.4. The van der Waals surface area contributed by atoms with Gasteiger partial charge in [0.05, 0.1) is 82.0 Å². The van der Waals surface area contributed by atoms with Crippen molar-refractivity contribution >= 4 is 34.8 Å². The number of halogens is 2. The monoisotopic (exact) mass is 655 g/mol. The number of amides is 1. The van der Waals surface area contributed by atoms with Crippen LogP contribution in [0.4, 0.5) is 5.69 Å². The third-order valence-corrected chi connectivity index (χ3v) is 7.99. The first-order chi connectivity index (χ1) is 21.0. The van der Waals surface area contributed by atoms with Gasteiger partial charge >= 0.3 is 0 Å². The van der Waals surface area contributed by atoms with Gasteiger partial charge in [0, 0.05) is 32.9 Å². The minimum absolute atomic E-state index is 0. The third kappa shape index (κ3) is 14.4. The smallest absolute Gasteiger partial charge is 0.227 e. The molecule has 2 aromatic rings. The summed E-state index contributed by atoms with van der Waals surface area (Å²) in [5.41, 5.74) is 2.97. The summed E-state index contributed by atoms with van der Waals surface area (Å²) in [6.07, 6.45) is 2.67. The molecule has 0 saturated carbocycles. The molecular weight excluding hydrogens is 605 g/mol. The largest absolute Gasteiger partial charge is 0.383 e. The van der Waals surface area contributed by atoms with Crippen LogP contribution < -0.4 is 5.32 Å². The van der Waals surface area contributed by atoms with Gasteiger partial charge in [0.1, 0.15) is 0 Å². The first-order valence-corrected chi connectivity index (χ1v) is 15.8. The molecule has 1 N–H and O–H groups in total. The topological polar surface area (TPSA) is 81.7 Å².